The third-order valence-corrected chi connectivity index (χ3v) is 4.87. The summed E-state index contributed by atoms with van der Waals surface area (Å²) in [5.74, 6) is 0.780. The molecule has 0 unspecified atom stereocenters. The van der Waals surface area contributed by atoms with Crippen LogP contribution < -0.4 is 5.32 Å². The highest BCUT2D eigenvalue weighted by atomic mass is 35.5. The number of hydrogen-bond donors (Lipinski definition) is 1. The van der Waals surface area contributed by atoms with Gasteiger partial charge in [-0.05, 0) is 37.0 Å². The molecule has 0 aliphatic heterocycles. The zero-order valence-electron chi connectivity index (χ0n) is 15.4. The highest BCUT2D eigenvalue weighted by Gasteiger charge is 2.11. The maximum Gasteiger partial charge on any atom is 0.230 e. The Balaban J connectivity index is 1.77. The third-order valence-electron chi connectivity index (χ3n) is 3.52. The van der Waals surface area contributed by atoms with Crippen LogP contribution in [-0.2, 0) is 9.53 Å². The Morgan fingerprint density at radius 2 is 2.23 bits per heavy atom. The molecular formula is C18H25ClN4O2S. The van der Waals surface area contributed by atoms with Gasteiger partial charge in [-0.2, -0.15) is 0 Å². The molecule has 0 aliphatic rings. The van der Waals surface area contributed by atoms with Gasteiger partial charge in [-0.25, -0.2) is 0 Å². The lowest BCUT2D eigenvalue weighted by atomic mass is 10.2. The van der Waals surface area contributed by atoms with Crippen molar-refractivity contribution in [2.24, 2.45) is 5.92 Å². The van der Waals surface area contributed by atoms with E-state index in [-0.39, 0.29) is 11.7 Å². The van der Waals surface area contributed by atoms with E-state index in [0.29, 0.717) is 29.2 Å². The first-order chi connectivity index (χ1) is 12.5. The lowest BCUT2D eigenvalue weighted by Crippen LogP contribution is -2.27. The van der Waals surface area contributed by atoms with Gasteiger partial charge < -0.3 is 10.1 Å². The van der Waals surface area contributed by atoms with Crippen molar-refractivity contribution in [3.63, 3.8) is 0 Å². The van der Waals surface area contributed by atoms with Gasteiger partial charge in [0.05, 0.1) is 11.4 Å². The average Bonchev–Trinajstić information content (AvgIpc) is 3.07. The van der Waals surface area contributed by atoms with Crippen molar-refractivity contribution in [2.75, 3.05) is 25.5 Å². The maximum atomic E-state index is 12.0. The first kappa shape index (κ1) is 20.7. The Morgan fingerprint density at radius 1 is 1.42 bits per heavy atom. The van der Waals surface area contributed by atoms with Crippen molar-refractivity contribution in [3.8, 4) is 5.69 Å². The van der Waals surface area contributed by atoms with Gasteiger partial charge in [0.15, 0.2) is 5.16 Å². The summed E-state index contributed by atoms with van der Waals surface area (Å²) >= 11 is 7.53. The highest BCUT2D eigenvalue weighted by molar-refractivity contribution is 7.99. The molecule has 2 rings (SSSR count). The molecule has 0 spiro atoms. The molecule has 0 saturated heterocycles. The van der Waals surface area contributed by atoms with Crippen LogP contribution in [0.15, 0.2) is 29.7 Å². The lowest BCUT2D eigenvalue weighted by molar-refractivity contribution is -0.118. The maximum absolute atomic E-state index is 12.0. The summed E-state index contributed by atoms with van der Waals surface area (Å²) in [5, 5.41) is 12.3. The average molecular weight is 397 g/mol. The standard InChI is InChI=1S/C18H25ClN4O2S/c1-13(2)10-25-8-4-7-20-17(24)11-26-18-22-21-12-23(18)15-6-5-14(3)16(19)9-15/h5-6,9,12-13H,4,7-8,10-11H2,1-3H3,(H,20,24). The van der Waals surface area contributed by atoms with Crippen molar-refractivity contribution in [3.05, 3.63) is 35.1 Å². The molecule has 0 atom stereocenters. The number of carbonyl (C=O) groups excluding carboxylic acids is 1. The van der Waals surface area contributed by atoms with Crippen molar-refractivity contribution in [1.29, 1.82) is 0 Å². The predicted molar refractivity (Wildman–Crippen MR) is 105 cm³/mol. The van der Waals surface area contributed by atoms with Crippen LogP contribution in [0.1, 0.15) is 25.8 Å². The minimum Gasteiger partial charge on any atom is -0.381 e. The zero-order chi connectivity index (χ0) is 18.9. The number of aromatic nitrogens is 3. The molecule has 8 heteroatoms. The monoisotopic (exact) mass is 396 g/mol. The fourth-order valence-corrected chi connectivity index (χ4v) is 3.07. The number of nitrogens with zero attached hydrogens (tertiary/aromatic N) is 3. The fraction of sp³-hybridized carbons (Fsp3) is 0.500. The Kier molecular flexibility index (Phi) is 8.41. The summed E-state index contributed by atoms with van der Waals surface area (Å²) in [6.07, 6.45) is 2.43. The molecule has 1 N–H and O–H groups in total. The van der Waals surface area contributed by atoms with E-state index >= 15 is 0 Å². The molecule has 1 aromatic carbocycles. The Labute approximate surface area is 163 Å². The van der Waals surface area contributed by atoms with Gasteiger partial charge in [0, 0.05) is 24.8 Å². The number of halogens is 1. The topological polar surface area (TPSA) is 69.0 Å². The summed E-state index contributed by atoms with van der Waals surface area (Å²) in [5.41, 5.74) is 1.88. The SMILES string of the molecule is Cc1ccc(-n2cnnc2SCC(=O)NCCCOCC(C)C)cc1Cl. The molecule has 1 heterocycles. The van der Waals surface area contributed by atoms with Crippen LogP contribution in [0.2, 0.25) is 5.02 Å². The van der Waals surface area contributed by atoms with Crippen LogP contribution in [0.3, 0.4) is 0 Å². The molecule has 142 valence electrons. The van der Waals surface area contributed by atoms with Crippen molar-refractivity contribution in [1.82, 2.24) is 20.1 Å². The van der Waals surface area contributed by atoms with Gasteiger partial charge in [0.1, 0.15) is 6.33 Å². The van der Waals surface area contributed by atoms with E-state index in [1.165, 1.54) is 11.8 Å². The predicted octanol–water partition coefficient (Wildman–Crippen LogP) is 3.50. The third kappa shape index (κ3) is 6.63. The first-order valence-corrected chi connectivity index (χ1v) is 9.97. The molecular weight excluding hydrogens is 372 g/mol. The van der Waals surface area contributed by atoms with Gasteiger partial charge in [0.2, 0.25) is 5.91 Å². The van der Waals surface area contributed by atoms with E-state index in [1.54, 1.807) is 6.33 Å². The molecule has 1 aromatic heterocycles. The van der Waals surface area contributed by atoms with Gasteiger partial charge in [-0.1, -0.05) is 43.3 Å². The second-order valence-corrected chi connectivity index (χ2v) is 7.73. The fourth-order valence-electron chi connectivity index (χ4n) is 2.13. The number of rotatable bonds is 10. The molecule has 2 aromatic rings. The summed E-state index contributed by atoms with van der Waals surface area (Å²) in [7, 11) is 0. The van der Waals surface area contributed by atoms with Crippen molar-refractivity contribution in [2.45, 2.75) is 32.3 Å². The van der Waals surface area contributed by atoms with Crippen molar-refractivity contribution < 1.29 is 9.53 Å². The van der Waals surface area contributed by atoms with Crippen LogP contribution in [0.25, 0.3) is 5.69 Å². The molecule has 6 nitrogen and oxygen atoms in total. The molecule has 1 amide bonds. The Hall–Kier alpha value is -1.57. The normalized spacial score (nSPS) is 11.1. The molecule has 0 saturated carbocycles. The second-order valence-electron chi connectivity index (χ2n) is 6.38. The Bertz CT molecular complexity index is 721. The quantitative estimate of drug-likeness (QED) is 0.491. The number of thioether (sulfide) groups is 1. The number of ether oxygens (including phenoxy) is 1. The van der Waals surface area contributed by atoms with E-state index in [4.69, 9.17) is 16.3 Å². The molecule has 0 radical (unpaired) electrons. The van der Waals surface area contributed by atoms with E-state index in [1.807, 2.05) is 29.7 Å². The van der Waals surface area contributed by atoms with E-state index < -0.39 is 0 Å². The number of hydrogen-bond acceptors (Lipinski definition) is 5. The number of nitrogens with one attached hydrogen (secondary N) is 1. The van der Waals surface area contributed by atoms with Gasteiger partial charge in [-0.3, -0.25) is 9.36 Å². The smallest absolute Gasteiger partial charge is 0.230 e. The van der Waals surface area contributed by atoms with Crippen LogP contribution in [0, 0.1) is 12.8 Å². The summed E-state index contributed by atoms with van der Waals surface area (Å²) < 4.78 is 7.31. The lowest BCUT2D eigenvalue weighted by Gasteiger charge is -2.09. The minimum atomic E-state index is -0.0321. The number of amides is 1. The number of carbonyl (C=O) groups is 1. The molecule has 26 heavy (non-hydrogen) atoms. The van der Waals surface area contributed by atoms with Gasteiger partial charge in [-0.15, -0.1) is 10.2 Å². The molecule has 0 aliphatic carbocycles. The van der Waals surface area contributed by atoms with Crippen LogP contribution in [0.4, 0.5) is 0 Å². The number of aryl methyl sites for hydroxylation is 1. The highest BCUT2D eigenvalue weighted by Crippen LogP contribution is 2.23. The second kappa shape index (κ2) is 10.5. The zero-order valence-corrected chi connectivity index (χ0v) is 16.9. The van der Waals surface area contributed by atoms with E-state index in [0.717, 1.165) is 24.3 Å². The summed E-state index contributed by atoms with van der Waals surface area (Å²) in [6, 6.07) is 5.76. The number of benzene rings is 1. The van der Waals surface area contributed by atoms with Gasteiger partial charge >= 0.3 is 0 Å². The minimum absolute atomic E-state index is 0.0321. The van der Waals surface area contributed by atoms with E-state index in [9.17, 15) is 4.79 Å². The largest absolute Gasteiger partial charge is 0.381 e. The summed E-state index contributed by atoms with van der Waals surface area (Å²) in [6.45, 7) is 8.20. The van der Waals surface area contributed by atoms with Crippen LogP contribution in [-0.4, -0.2) is 46.2 Å². The molecule has 0 bridgehead atoms. The first-order valence-electron chi connectivity index (χ1n) is 8.61. The Morgan fingerprint density at radius 3 is 2.96 bits per heavy atom. The van der Waals surface area contributed by atoms with Crippen LogP contribution in [0.5, 0.6) is 0 Å². The summed E-state index contributed by atoms with van der Waals surface area (Å²) in [4.78, 5) is 12.0. The molecule has 0 fully saturated rings. The van der Waals surface area contributed by atoms with Gasteiger partial charge in [0.25, 0.3) is 0 Å². The van der Waals surface area contributed by atoms with Crippen LogP contribution >= 0.6 is 23.4 Å². The van der Waals surface area contributed by atoms with Crippen molar-refractivity contribution >= 4 is 29.3 Å². The van der Waals surface area contributed by atoms with E-state index in [2.05, 4.69) is 29.4 Å².